The molecule has 2 aromatic carbocycles. The molecule has 1 heterocycles. The van der Waals surface area contributed by atoms with Crippen molar-refractivity contribution < 1.29 is 9.47 Å². The lowest BCUT2D eigenvalue weighted by atomic mass is 10.1. The number of hydrogen-bond donors (Lipinski definition) is 1. The number of rotatable bonds is 4. The van der Waals surface area contributed by atoms with Gasteiger partial charge in [0, 0.05) is 17.1 Å². The van der Waals surface area contributed by atoms with Crippen LogP contribution in [0.3, 0.4) is 0 Å². The van der Waals surface area contributed by atoms with Crippen molar-refractivity contribution in [2.24, 2.45) is 0 Å². The predicted molar refractivity (Wildman–Crippen MR) is 82.0 cm³/mol. The third kappa shape index (κ3) is 2.97. The molecule has 4 heteroatoms. The van der Waals surface area contributed by atoms with Crippen LogP contribution in [0.5, 0.6) is 11.5 Å². The number of nitrogens with one attached hydrogen (secondary N) is 1. The van der Waals surface area contributed by atoms with Gasteiger partial charge in [-0.3, -0.25) is 0 Å². The molecule has 0 saturated carbocycles. The first kappa shape index (κ1) is 13.5. The zero-order chi connectivity index (χ0) is 13.9. The zero-order valence-corrected chi connectivity index (χ0v) is 12.8. The van der Waals surface area contributed by atoms with Gasteiger partial charge in [0.2, 0.25) is 6.79 Å². The minimum atomic E-state index is 0.300. The van der Waals surface area contributed by atoms with Crippen LogP contribution in [0.1, 0.15) is 24.1 Å². The molecule has 1 atom stereocenters. The number of benzene rings is 2. The standard InChI is InChI=1S/C16H16BrNO2/c1-11(13-3-5-14(17)6-4-13)18-9-12-2-7-15-16(8-12)20-10-19-15/h2-8,11,18H,9-10H2,1H3/t11-/m0/s1. The molecule has 1 aliphatic heterocycles. The van der Waals surface area contributed by atoms with Gasteiger partial charge in [-0.15, -0.1) is 0 Å². The molecule has 0 bridgehead atoms. The van der Waals surface area contributed by atoms with Gasteiger partial charge >= 0.3 is 0 Å². The lowest BCUT2D eigenvalue weighted by Gasteiger charge is -2.14. The molecule has 0 aromatic heterocycles. The predicted octanol–water partition coefficient (Wildman–Crippen LogP) is 4.03. The van der Waals surface area contributed by atoms with Crippen LogP contribution < -0.4 is 14.8 Å². The maximum Gasteiger partial charge on any atom is 0.231 e. The fourth-order valence-electron chi connectivity index (χ4n) is 2.19. The Kier molecular flexibility index (Phi) is 3.94. The molecule has 1 N–H and O–H groups in total. The Morgan fingerprint density at radius 1 is 1.10 bits per heavy atom. The Hall–Kier alpha value is -1.52. The molecule has 104 valence electrons. The summed E-state index contributed by atoms with van der Waals surface area (Å²) in [6.07, 6.45) is 0. The highest BCUT2D eigenvalue weighted by Crippen LogP contribution is 2.32. The first-order valence-corrected chi connectivity index (χ1v) is 7.39. The normalized spacial score (nSPS) is 14.3. The molecule has 2 aromatic rings. The second-order valence-corrected chi connectivity index (χ2v) is 5.76. The molecule has 0 spiro atoms. The van der Waals surface area contributed by atoms with Gasteiger partial charge in [-0.2, -0.15) is 0 Å². The first-order valence-electron chi connectivity index (χ1n) is 6.60. The second kappa shape index (κ2) is 5.85. The van der Waals surface area contributed by atoms with Crippen LogP contribution in [-0.4, -0.2) is 6.79 Å². The molecular formula is C16H16BrNO2. The average Bonchev–Trinajstić information content (AvgIpc) is 2.93. The molecule has 0 fully saturated rings. The lowest BCUT2D eigenvalue weighted by molar-refractivity contribution is 0.174. The summed E-state index contributed by atoms with van der Waals surface area (Å²) in [4.78, 5) is 0. The van der Waals surface area contributed by atoms with E-state index in [-0.39, 0.29) is 0 Å². The maximum atomic E-state index is 5.39. The van der Waals surface area contributed by atoms with Crippen molar-refractivity contribution in [3.8, 4) is 11.5 Å². The summed E-state index contributed by atoms with van der Waals surface area (Å²) < 4.78 is 11.8. The fraction of sp³-hybridized carbons (Fsp3) is 0.250. The van der Waals surface area contributed by atoms with E-state index in [9.17, 15) is 0 Å². The average molecular weight is 334 g/mol. The van der Waals surface area contributed by atoms with E-state index < -0.39 is 0 Å². The minimum absolute atomic E-state index is 0.300. The highest BCUT2D eigenvalue weighted by atomic mass is 79.9. The van der Waals surface area contributed by atoms with Crippen LogP contribution >= 0.6 is 15.9 Å². The summed E-state index contributed by atoms with van der Waals surface area (Å²) in [7, 11) is 0. The van der Waals surface area contributed by atoms with Gasteiger partial charge in [0.25, 0.3) is 0 Å². The van der Waals surface area contributed by atoms with Gasteiger partial charge in [0.1, 0.15) is 0 Å². The van der Waals surface area contributed by atoms with Crippen molar-refractivity contribution in [2.45, 2.75) is 19.5 Å². The monoisotopic (exact) mass is 333 g/mol. The van der Waals surface area contributed by atoms with E-state index in [4.69, 9.17) is 9.47 Å². The lowest BCUT2D eigenvalue weighted by Crippen LogP contribution is -2.17. The van der Waals surface area contributed by atoms with Crippen molar-refractivity contribution in [3.63, 3.8) is 0 Å². The van der Waals surface area contributed by atoms with Crippen molar-refractivity contribution in [2.75, 3.05) is 6.79 Å². The Balaban J connectivity index is 1.63. The van der Waals surface area contributed by atoms with Crippen molar-refractivity contribution >= 4 is 15.9 Å². The van der Waals surface area contributed by atoms with E-state index in [2.05, 4.69) is 58.5 Å². The molecule has 0 radical (unpaired) electrons. The van der Waals surface area contributed by atoms with E-state index >= 15 is 0 Å². The Morgan fingerprint density at radius 3 is 2.65 bits per heavy atom. The summed E-state index contributed by atoms with van der Waals surface area (Å²) in [5, 5.41) is 3.51. The van der Waals surface area contributed by atoms with Crippen molar-refractivity contribution in [1.82, 2.24) is 5.32 Å². The topological polar surface area (TPSA) is 30.5 Å². The van der Waals surface area contributed by atoms with E-state index in [0.717, 1.165) is 22.5 Å². The van der Waals surface area contributed by atoms with Crippen LogP contribution in [0.2, 0.25) is 0 Å². The van der Waals surface area contributed by atoms with Crippen molar-refractivity contribution in [3.05, 3.63) is 58.1 Å². The smallest absolute Gasteiger partial charge is 0.231 e. The summed E-state index contributed by atoms with van der Waals surface area (Å²) in [6, 6.07) is 14.7. The highest BCUT2D eigenvalue weighted by Gasteiger charge is 2.13. The number of halogens is 1. The molecule has 3 nitrogen and oxygen atoms in total. The quantitative estimate of drug-likeness (QED) is 0.916. The molecular weight excluding hydrogens is 318 g/mol. The van der Waals surface area contributed by atoms with Gasteiger partial charge in [0.05, 0.1) is 0 Å². The van der Waals surface area contributed by atoms with Gasteiger partial charge in [-0.1, -0.05) is 34.1 Å². The molecule has 0 unspecified atom stereocenters. The number of hydrogen-bond acceptors (Lipinski definition) is 3. The summed E-state index contributed by atoms with van der Waals surface area (Å²) in [6.45, 7) is 3.28. The second-order valence-electron chi connectivity index (χ2n) is 4.84. The van der Waals surface area contributed by atoms with E-state index in [0.29, 0.717) is 12.8 Å². The van der Waals surface area contributed by atoms with Gasteiger partial charge in [0.15, 0.2) is 11.5 Å². The molecule has 3 rings (SSSR count). The van der Waals surface area contributed by atoms with Gasteiger partial charge < -0.3 is 14.8 Å². The highest BCUT2D eigenvalue weighted by molar-refractivity contribution is 9.10. The summed E-state index contributed by atoms with van der Waals surface area (Å²) >= 11 is 3.45. The largest absolute Gasteiger partial charge is 0.454 e. The Bertz CT molecular complexity index is 598. The molecule has 0 aliphatic carbocycles. The van der Waals surface area contributed by atoms with E-state index in [1.807, 2.05) is 12.1 Å². The van der Waals surface area contributed by atoms with Crippen LogP contribution in [0.4, 0.5) is 0 Å². The van der Waals surface area contributed by atoms with E-state index in [1.54, 1.807) is 0 Å². The Morgan fingerprint density at radius 2 is 1.85 bits per heavy atom. The molecule has 0 amide bonds. The number of fused-ring (bicyclic) bond motifs is 1. The zero-order valence-electron chi connectivity index (χ0n) is 11.2. The number of ether oxygens (including phenoxy) is 2. The summed E-state index contributed by atoms with van der Waals surface area (Å²) in [5.74, 6) is 1.66. The summed E-state index contributed by atoms with van der Waals surface area (Å²) in [5.41, 5.74) is 2.46. The maximum absolute atomic E-state index is 5.39. The third-order valence-electron chi connectivity index (χ3n) is 3.42. The van der Waals surface area contributed by atoms with Crippen LogP contribution in [-0.2, 0) is 6.54 Å². The van der Waals surface area contributed by atoms with Gasteiger partial charge in [-0.25, -0.2) is 0 Å². The van der Waals surface area contributed by atoms with Crippen LogP contribution in [0, 0.1) is 0 Å². The molecule has 0 saturated heterocycles. The fourth-order valence-corrected chi connectivity index (χ4v) is 2.46. The van der Waals surface area contributed by atoms with Crippen LogP contribution in [0.15, 0.2) is 46.9 Å². The van der Waals surface area contributed by atoms with Crippen molar-refractivity contribution in [1.29, 1.82) is 0 Å². The molecule has 1 aliphatic rings. The third-order valence-corrected chi connectivity index (χ3v) is 3.95. The van der Waals surface area contributed by atoms with Crippen LogP contribution in [0.25, 0.3) is 0 Å². The first-order chi connectivity index (χ1) is 9.72. The minimum Gasteiger partial charge on any atom is -0.454 e. The Labute approximate surface area is 127 Å². The van der Waals surface area contributed by atoms with Gasteiger partial charge in [-0.05, 0) is 42.3 Å². The molecule has 20 heavy (non-hydrogen) atoms. The SMILES string of the molecule is C[C@H](NCc1ccc2c(c1)OCO2)c1ccc(Br)cc1. The van der Waals surface area contributed by atoms with E-state index in [1.165, 1.54) is 11.1 Å².